The summed E-state index contributed by atoms with van der Waals surface area (Å²) < 4.78 is 76.2. The van der Waals surface area contributed by atoms with E-state index in [0.717, 1.165) is 24.5 Å². The zero-order chi connectivity index (χ0) is 19.4. The zero-order valence-corrected chi connectivity index (χ0v) is 15.7. The van der Waals surface area contributed by atoms with Crippen molar-refractivity contribution in [3.8, 4) is 0 Å². The Hall–Kier alpha value is -1.87. The molecule has 2 aromatic rings. The third-order valence-electron chi connectivity index (χ3n) is 3.89. The summed E-state index contributed by atoms with van der Waals surface area (Å²) in [6, 6.07) is 5.25. The predicted octanol–water partition coefficient (Wildman–Crippen LogP) is 3.09. The number of aromatic nitrogens is 1. The SMILES string of the molecule is CS(=O)(=O)CCCCC(c1cc(F)ccc1F)S(=O)(=O)c1ccncc1. The maximum Gasteiger partial charge on any atom is 0.185 e. The number of rotatable bonds is 8. The van der Waals surface area contributed by atoms with Gasteiger partial charge in [-0.05, 0) is 43.2 Å². The molecule has 0 aliphatic carbocycles. The summed E-state index contributed by atoms with van der Waals surface area (Å²) in [6.45, 7) is 0. The highest BCUT2D eigenvalue weighted by Crippen LogP contribution is 2.35. The molecule has 142 valence electrons. The second kappa shape index (κ2) is 8.22. The van der Waals surface area contributed by atoms with E-state index >= 15 is 0 Å². The molecule has 0 aliphatic rings. The van der Waals surface area contributed by atoms with Crippen LogP contribution >= 0.6 is 0 Å². The van der Waals surface area contributed by atoms with Gasteiger partial charge in [0.25, 0.3) is 0 Å². The number of hydrogen-bond donors (Lipinski definition) is 0. The van der Waals surface area contributed by atoms with Crippen LogP contribution in [0.25, 0.3) is 0 Å². The quantitative estimate of drug-likeness (QED) is 0.633. The minimum Gasteiger partial charge on any atom is -0.265 e. The van der Waals surface area contributed by atoms with Crippen molar-refractivity contribution in [2.45, 2.75) is 29.4 Å². The van der Waals surface area contributed by atoms with E-state index in [1.165, 1.54) is 24.5 Å². The molecule has 0 aliphatic heterocycles. The van der Waals surface area contributed by atoms with Crippen LogP contribution in [0.1, 0.15) is 30.1 Å². The monoisotopic (exact) mass is 403 g/mol. The summed E-state index contributed by atoms with van der Waals surface area (Å²) in [4.78, 5) is 3.71. The lowest BCUT2D eigenvalue weighted by atomic mass is 10.1. The summed E-state index contributed by atoms with van der Waals surface area (Å²) >= 11 is 0. The number of halogens is 2. The van der Waals surface area contributed by atoms with Crippen LogP contribution in [0, 0.1) is 11.6 Å². The van der Waals surface area contributed by atoms with Gasteiger partial charge in [-0.2, -0.15) is 0 Å². The first-order valence-corrected chi connectivity index (χ1v) is 11.5. The highest BCUT2D eigenvalue weighted by atomic mass is 32.2. The Morgan fingerprint density at radius 3 is 2.27 bits per heavy atom. The fraction of sp³-hybridized carbons (Fsp3) is 0.353. The second-order valence-corrected chi connectivity index (χ2v) is 10.4. The van der Waals surface area contributed by atoms with Crippen molar-refractivity contribution in [2.24, 2.45) is 0 Å². The molecule has 0 fully saturated rings. The normalized spacial score (nSPS) is 13.5. The minimum absolute atomic E-state index is 0.0272. The van der Waals surface area contributed by atoms with Crippen molar-refractivity contribution in [2.75, 3.05) is 12.0 Å². The highest BCUT2D eigenvalue weighted by molar-refractivity contribution is 7.91. The van der Waals surface area contributed by atoms with E-state index in [-0.39, 0.29) is 35.5 Å². The average molecular weight is 403 g/mol. The standard InChI is InChI=1S/C17H19F2NO4S2/c1-25(21,22)11-3-2-4-17(15-12-13(18)5-6-16(15)19)26(23,24)14-7-9-20-10-8-14/h5-10,12,17H,2-4,11H2,1H3. The molecule has 0 amide bonds. The van der Waals surface area contributed by atoms with Gasteiger partial charge in [0, 0.05) is 30.0 Å². The fourth-order valence-corrected chi connectivity index (χ4v) is 5.18. The molecule has 2 rings (SSSR count). The van der Waals surface area contributed by atoms with Crippen molar-refractivity contribution in [3.05, 3.63) is 59.9 Å². The smallest absolute Gasteiger partial charge is 0.185 e. The summed E-state index contributed by atoms with van der Waals surface area (Å²) in [5, 5.41) is -1.32. The van der Waals surface area contributed by atoms with E-state index in [1.54, 1.807) is 0 Å². The Morgan fingerprint density at radius 2 is 1.65 bits per heavy atom. The van der Waals surface area contributed by atoms with Gasteiger partial charge in [0.2, 0.25) is 0 Å². The maximum atomic E-state index is 14.2. The third kappa shape index (κ3) is 5.31. The van der Waals surface area contributed by atoms with E-state index in [2.05, 4.69) is 4.98 Å². The van der Waals surface area contributed by atoms with Gasteiger partial charge in [0.1, 0.15) is 21.5 Å². The highest BCUT2D eigenvalue weighted by Gasteiger charge is 2.31. The lowest BCUT2D eigenvalue weighted by Gasteiger charge is -2.19. The molecule has 1 atom stereocenters. The Labute approximate surface area is 151 Å². The molecule has 5 nitrogen and oxygen atoms in total. The number of hydrogen-bond acceptors (Lipinski definition) is 5. The van der Waals surface area contributed by atoms with Gasteiger partial charge in [-0.1, -0.05) is 6.42 Å². The van der Waals surface area contributed by atoms with Crippen LogP contribution in [-0.2, 0) is 19.7 Å². The maximum absolute atomic E-state index is 14.2. The topological polar surface area (TPSA) is 81.2 Å². The van der Waals surface area contributed by atoms with E-state index in [4.69, 9.17) is 0 Å². The van der Waals surface area contributed by atoms with Crippen molar-refractivity contribution >= 4 is 19.7 Å². The molecule has 1 aromatic heterocycles. The number of unbranched alkanes of at least 4 members (excludes halogenated alkanes) is 1. The Bertz CT molecular complexity index is 962. The number of benzene rings is 1. The van der Waals surface area contributed by atoms with Gasteiger partial charge in [0.05, 0.1) is 10.1 Å². The van der Waals surface area contributed by atoms with Gasteiger partial charge in [-0.25, -0.2) is 25.6 Å². The number of nitrogens with zero attached hydrogens (tertiary/aromatic N) is 1. The molecule has 1 unspecified atom stereocenters. The molecule has 0 spiro atoms. The molecule has 0 radical (unpaired) electrons. The lowest BCUT2D eigenvalue weighted by molar-refractivity contribution is 0.543. The van der Waals surface area contributed by atoms with Gasteiger partial charge in [-0.3, -0.25) is 4.98 Å². The van der Waals surface area contributed by atoms with Crippen LogP contribution in [0.3, 0.4) is 0 Å². The molecule has 0 bridgehead atoms. The zero-order valence-electron chi connectivity index (χ0n) is 14.1. The Morgan fingerprint density at radius 1 is 1.00 bits per heavy atom. The van der Waals surface area contributed by atoms with Crippen LogP contribution in [-0.4, -0.2) is 33.8 Å². The average Bonchev–Trinajstić information content (AvgIpc) is 2.57. The molecule has 26 heavy (non-hydrogen) atoms. The second-order valence-electron chi connectivity index (χ2n) is 6.01. The molecule has 0 saturated carbocycles. The molecular formula is C17H19F2NO4S2. The van der Waals surface area contributed by atoms with E-state index in [0.29, 0.717) is 0 Å². The molecule has 9 heteroatoms. The van der Waals surface area contributed by atoms with Crippen LogP contribution in [0.5, 0.6) is 0 Å². The number of pyridine rings is 1. The molecule has 1 aromatic carbocycles. The van der Waals surface area contributed by atoms with Crippen LogP contribution in [0.4, 0.5) is 8.78 Å². The van der Waals surface area contributed by atoms with Crippen molar-refractivity contribution < 1.29 is 25.6 Å². The van der Waals surface area contributed by atoms with Crippen molar-refractivity contribution in [3.63, 3.8) is 0 Å². The third-order valence-corrected chi connectivity index (χ3v) is 7.09. The molecule has 0 saturated heterocycles. The minimum atomic E-state index is -4.01. The summed E-state index contributed by atoms with van der Waals surface area (Å²) in [5.74, 6) is -1.66. The molecular weight excluding hydrogens is 384 g/mol. The van der Waals surface area contributed by atoms with E-state index in [1.807, 2.05) is 0 Å². The van der Waals surface area contributed by atoms with E-state index < -0.39 is 36.6 Å². The summed E-state index contributed by atoms with van der Waals surface area (Å²) in [7, 11) is -7.19. The van der Waals surface area contributed by atoms with Crippen molar-refractivity contribution in [1.29, 1.82) is 0 Å². The van der Waals surface area contributed by atoms with Crippen molar-refractivity contribution in [1.82, 2.24) is 4.98 Å². The number of sulfone groups is 2. The largest absolute Gasteiger partial charge is 0.265 e. The van der Waals surface area contributed by atoms with Gasteiger partial charge >= 0.3 is 0 Å². The van der Waals surface area contributed by atoms with Gasteiger partial charge < -0.3 is 0 Å². The van der Waals surface area contributed by atoms with Gasteiger partial charge in [-0.15, -0.1) is 0 Å². The lowest BCUT2D eigenvalue weighted by Crippen LogP contribution is -2.16. The Kier molecular flexibility index (Phi) is 6.46. The summed E-state index contributed by atoms with van der Waals surface area (Å²) in [5.41, 5.74) is -0.263. The molecule has 1 heterocycles. The fourth-order valence-electron chi connectivity index (χ4n) is 2.63. The first kappa shape index (κ1) is 20.4. The van der Waals surface area contributed by atoms with Crippen LogP contribution in [0.15, 0.2) is 47.6 Å². The van der Waals surface area contributed by atoms with E-state index in [9.17, 15) is 25.6 Å². The molecule has 0 N–H and O–H groups in total. The first-order chi connectivity index (χ1) is 12.1. The summed E-state index contributed by atoms with van der Waals surface area (Å²) in [6.07, 6.45) is 4.13. The van der Waals surface area contributed by atoms with Crippen LogP contribution in [0.2, 0.25) is 0 Å². The van der Waals surface area contributed by atoms with Gasteiger partial charge in [0.15, 0.2) is 9.84 Å². The first-order valence-electron chi connectivity index (χ1n) is 7.88. The Balaban J connectivity index is 2.37. The van der Waals surface area contributed by atoms with Crippen LogP contribution < -0.4 is 0 Å². The predicted molar refractivity (Wildman–Crippen MR) is 94.1 cm³/mol.